The molecule has 0 spiro atoms. The Morgan fingerprint density at radius 2 is 2.24 bits per heavy atom. The Kier molecular flexibility index (Phi) is 3.57. The third-order valence-corrected chi connectivity index (χ3v) is 2.97. The van der Waals surface area contributed by atoms with Crippen LogP contribution in [0, 0.1) is 6.92 Å². The van der Waals surface area contributed by atoms with Gasteiger partial charge in [-0.2, -0.15) is 12.6 Å². The van der Waals surface area contributed by atoms with Crippen molar-refractivity contribution < 1.29 is 0 Å². The van der Waals surface area contributed by atoms with Crippen molar-refractivity contribution in [1.29, 1.82) is 0 Å². The van der Waals surface area contributed by atoms with Gasteiger partial charge in [0.15, 0.2) is 0 Å². The molecule has 17 heavy (non-hydrogen) atoms. The Hall–Kier alpha value is -1.22. The third kappa shape index (κ3) is 2.55. The summed E-state index contributed by atoms with van der Waals surface area (Å²) in [6, 6.07) is 6.40. The number of aromatic nitrogens is 2. The van der Waals surface area contributed by atoms with E-state index >= 15 is 0 Å². The van der Waals surface area contributed by atoms with Crippen LogP contribution in [0.3, 0.4) is 0 Å². The molecule has 0 saturated carbocycles. The van der Waals surface area contributed by atoms with Gasteiger partial charge >= 0.3 is 0 Å². The monoisotopic (exact) mass is 246 g/mol. The molecule has 2 nitrogen and oxygen atoms in total. The zero-order valence-electron chi connectivity index (χ0n) is 10.4. The second-order valence-corrected chi connectivity index (χ2v) is 4.98. The Labute approximate surface area is 108 Å². The molecule has 90 valence electrons. The summed E-state index contributed by atoms with van der Waals surface area (Å²) in [5.41, 5.74) is 4.65. The van der Waals surface area contributed by atoms with E-state index < -0.39 is 0 Å². The molecule has 0 N–H and O–H groups in total. The number of thiol groups is 1. The van der Waals surface area contributed by atoms with Gasteiger partial charge in [-0.3, -0.25) is 0 Å². The number of allylic oxidation sites excluding steroid dienone is 1. The molecule has 0 aliphatic heterocycles. The van der Waals surface area contributed by atoms with Crippen LogP contribution < -0.4 is 0 Å². The lowest BCUT2D eigenvalue weighted by Gasteiger charge is -2.08. The van der Waals surface area contributed by atoms with E-state index in [0.717, 1.165) is 35.6 Å². The van der Waals surface area contributed by atoms with Crippen molar-refractivity contribution in [3.8, 4) is 0 Å². The van der Waals surface area contributed by atoms with E-state index in [1.54, 1.807) is 0 Å². The fourth-order valence-corrected chi connectivity index (χ4v) is 2.23. The molecule has 0 fully saturated rings. The van der Waals surface area contributed by atoms with Crippen LogP contribution in [0.15, 0.2) is 30.4 Å². The Bertz CT molecular complexity index is 555. The molecule has 0 bridgehead atoms. The highest BCUT2D eigenvalue weighted by Gasteiger charge is 2.09. The predicted molar refractivity (Wildman–Crippen MR) is 76.8 cm³/mol. The van der Waals surface area contributed by atoms with Crippen LogP contribution in [0.25, 0.3) is 11.0 Å². The van der Waals surface area contributed by atoms with Crippen molar-refractivity contribution in [2.24, 2.45) is 0 Å². The van der Waals surface area contributed by atoms with E-state index in [9.17, 15) is 0 Å². The molecule has 0 radical (unpaired) electrons. The topological polar surface area (TPSA) is 17.8 Å². The molecular formula is C14H18N2S. The minimum absolute atomic E-state index is 0.818. The summed E-state index contributed by atoms with van der Waals surface area (Å²) in [6.45, 7) is 8.96. The van der Waals surface area contributed by atoms with Crippen LogP contribution in [0.2, 0.25) is 0 Å². The first-order valence-corrected chi connectivity index (χ1v) is 6.46. The quantitative estimate of drug-likeness (QED) is 0.646. The molecule has 0 aliphatic carbocycles. The van der Waals surface area contributed by atoms with Gasteiger partial charge in [0.05, 0.1) is 11.0 Å². The van der Waals surface area contributed by atoms with Gasteiger partial charge in [0.2, 0.25) is 0 Å². The Balaban J connectivity index is 2.57. The molecule has 1 aromatic carbocycles. The fraction of sp³-hybridized carbons (Fsp3) is 0.357. The maximum absolute atomic E-state index is 4.69. The Morgan fingerprint density at radius 3 is 2.88 bits per heavy atom. The van der Waals surface area contributed by atoms with Crippen molar-refractivity contribution in [1.82, 2.24) is 9.55 Å². The summed E-state index contributed by atoms with van der Waals surface area (Å²) in [7, 11) is 0. The third-order valence-electron chi connectivity index (χ3n) is 2.75. The van der Waals surface area contributed by atoms with E-state index in [-0.39, 0.29) is 0 Å². The number of hydrogen-bond acceptors (Lipinski definition) is 2. The van der Waals surface area contributed by atoms with Gasteiger partial charge in [-0.25, -0.2) is 4.98 Å². The summed E-state index contributed by atoms with van der Waals surface area (Å²) < 4.78 is 2.24. The minimum atomic E-state index is 0.818. The molecular weight excluding hydrogens is 228 g/mol. The van der Waals surface area contributed by atoms with Crippen molar-refractivity contribution in [3.05, 3.63) is 41.7 Å². The molecule has 3 heteroatoms. The lowest BCUT2D eigenvalue weighted by Crippen LogP contribution is -2.05. The van der Waals surface area contributed by atoms with Crippen LogP contribution in [0.5, 0.6) is 0 Å². The van der Waals surface area contributed by atoms with Gasteiger partial charge in [-0.1, -0.05) is 18.2 Å². The highest BCUT2D eigenvalue weighted by molar-refractivity contribution is 7.80. The molecule has 1 heterocycles. The number of hydrogen-bond donors (Lipinski definition) is 1. The molecule has 0 saturated heterocycles. The minimum Gasteiger partial charge on any atom is -0.324 e. The highest BCUT2D eigenvalue weighted by Crippen LogP contribution is 2.19. The van der Waals surface area contributed by atoms with Gasteiger partial charge in [0, 0.05) is 13.0 Å². The van der Waals surface area contributed by atoms with Crippen molar-refractivity contribution in [2.75, 3.05) is 5.75 Å². The van der Waals surface area contributed by atoms with Gasteiger partial charge in [-0.15, -0.1) is 0 Å². The second-order valence-electron chi connectivity index (χ2n) is 4.54. The summed E-state index contributed by atoms with van der Waals surface area (Å²) >= 11 is 4.30. The van der Waals surface area contributed by atoms with Gasteiger partial charge < -0.3 is 4.57 Å². The van der Waals surface area contributed by atoms with Crippen LogP contribution >= 0.6 is 12.6 Å². The van der Waals surface area contributed by atoms with Gasteiger partial charge in [0.25, 0.3) is 0 Å². The van der Waals surface area contributed by atoms with Gasteiger partial charge in [-0.05, 0) is 37.3 Å². The summed E-state index contributed by atoms with van der Waals surface area (Å²) in [5.74, 6) is 1.92. The fourth-order valence-electron chi connectivity index (χ4n) is 2.03. The highest BCUT2D eigenvalue weighted by atomic mass is 32.1. The number of imidazole rings is 1. The zero-order valence-corrected chi connectivity index (χ0v) is 11.3. The number of fused-ring (bicyclic) bond motifs is 1. The molecule has 0 amide bonds. The van der Waals surface area contributed by atoms with E-state index in [0.29, 0.717) is 0 Å². The molecule has 1 aromatic heterocycles. The summed E-state index contributed by atoms with van der Waals surface area (Å²) in [5, 5.41) is 0. The SMILES string of the molecule is C=C(C)Cn1c(CCS)nc2cc(C)ccc21. The van der Waals surface area contributed by atoms with E-state index in [1.807, 2.05) is 6.92 Å². The van der Waals surface area contributed by atoms with Crippen molar-refractivity contribution in [2.45, 2.75) is 26.8 Å². The lowest BCUT2D eigenvalue weighted by molar-refractivity contribution is 0.747. The average molecular weight is 246 g/mol. The van der Waals surface area contributed by atoms with Crippen molar-refractivity contribution in [3.63, 3.8) is 0 Å². The van der Waals surface area contributed by atoms with Gasteiger partial charge in [0.1, 0.15) is 5.82 Å². The second kappa shape index (κ2) is 4.96. The van der Waals surface area contributed by atoms with E-state index in [4.69, 9.17) is 0 Å². The van der Waals surface area contributed by atoms with Crippen LogP contribution in [-0.4, -0.2) is 15.3 Å². The Morgan fingerprint density at radius 1 is 1.47 bits per heavy atom. The standard InChI is InChI=1S/C14H18N2S/c1-10(2)9-16-13-5-4-11(3)8-12(13)15-14(16)6-7-17/h4-5,8,17H,1,6-7,9H2,2-3H3. The number of rotatable bonds is 4. The lowest BCUT2D eigenvalue weighted by atomic mass is 10.2. The smallest absolute Gasteiger partial charge is 0.110 e. The number of aryl methyl sites for hydroxylation is 2. The van der Waals surface area contributed by atoms with Crippen molar-refractivity contribution >= 4 is 23.7 Å². The maximum Gasteiger partial charge on any atom is 0.110 e. The normalized spacial score (nSPS) is 11.0. The first-order valence-electron chi connectivity index (χ1n) is 5.83. The first-order chi connectivity index (χ1) is 8.11. The molecule has 0 atom stereocenters. The van der Waals surface area contributed by atoms with E-state index in [2.05, 4.69) is 53.9 Å². The predicted octanol–water partition coefficient (Wildman–Crippen LogP) is 3.39. The maximum atomic E-state index is 4.69. The average Bonchev–Trinajstić information content (AvgIpc) is 2.56. The summed E-state index contributed by atoms with van der Waals surface area (Å²) in [6.07, 6.45) is 0.893. The number of nitrogens with zero attached hydrogens (tertiary/aromatic N) is 2. The zero-order chi connectivity index (χ0) is 12.4. The molecule has 0 unspecified atom stereocenters. The number of benzene rings is 1. The molecule has 2 rings (SSSR count). The summed E-state index contributed by atoms with van der Waals surface area (Å²) in [4.78, 5) is 4.69. The van der Waals surface area contributed by atoms with E-state index in [1.165, 1.54) is 11.1 Å². The largest absolute Gasteiger partial charge is 0.324 e. The first kappa shape index (κ1) is 12.2. The van der Waals surface area contributed by atoms with Crippen LogP contribution in [0.4, 0.5) is 0 Å². The van der Waals surface area contributed by atoms with Crippen LogP contribution in [0.1, 0.15) is 18.3 Å². The van der Waals surface area contributed by atoms with Crippen LogP contribution in [-0.2, 0) is 13.0 Å². The molecule has 2 aromatic rings. The molecule has 0 aliphatic rings.